The number of nitrogens with zero attached hydrogens (tertiary/aromatic N) is 1. The van der Waals surface area contributed by atoms with Crippen molar-refractivity contribution in [3.63, 3.8) is 0 Å². The summed E-state index contributed by atoms with van der Waals surface area (Å²) in [5, 5.41) is 3.09. The molecule has 2 fully saturated rings. The molecule has 2 aliphatic carbocycles. The Morgan fingerprint density at radius 1 is 1.23 bits per heavy atom. The van der Waals surface area contributed by atoms with E-state index >= 15 is 0 Å². The number of carbonyl (C=O) groups excluding carboxylic acids is 1. The van der Waals surface area contributed by atoms with Gasteiger partial charge in [-0.2, -0.15) is 0 Å². The molecule has 3 rings (SSSR count). The predicted octanol–water partition coefficient (Wildman–Crippen LogP) is 1.86. The molecule has 1 amide bonds. The summed E-state index contributed by atoms with van der Waals surface area (Å²) in [6.45, 7) is 0. The summed E-state index contributed by atoms with van der Waals surface area (Å²) in [6, 6.07) is 6.51. The molecule has 0 aromatic heterocycles. The van der Waals surface area contributed by atoms with Crippen LogP contribution < -0.4 is 5.32 Å². The Labute approximate surface area is 131 Å². The van der Waals surface area contributed by atoms with Crippen LogP contribution in [0.15, 0.2) is 29.2 Å². The highest BCUT2D eigenvalue weighted by Gasteiger charge is 2.40. The van der Waals surface area contributed by atoms with Crippen LogP contribution >= 0.6 is 0 Å². The standard InChI is InChI=1S/C16H22N2O3S/c1-18(2)22(20,21)14-5-3-4-13(10-14)16(19)17-15-9-11-6-7-12(15)8-11/h3-5,10-12,15H,6-9H2,1-2H3,(H,17,19)/t11-,12-,15-/m1/s1. The van der Waals surface area contributed by atoms with Gasteiger partial charge in [-0.15, -0.1) is 0 Å². The minimum Gasteiger partial charge on any atom is -0.349 e. The van der Waals surface area contributed by atoms with Gasteiger partial charge in [0.15, 0.2) is 0 Å². The SMILES string of the molecule is CN(C)S(=O)(=O)c1cccc(C(=O)N[C@@H]2C[C@@H]3CC[C@@H]2C3)c1. The lowest BCUT2D eigenvalue weighted by Gasteiger charge is -2.23. The summed E-state index contributed by atoms with van der Waals surface area (Å²) >= 11 is 0. The number of amides is 1. The summed E-state index contributed by atoms with van der Waals surface area (Å²) < 4.78 is 25.5. The molecule has 0 unspecified atom stereocenters. The second kappa shape index (κ2) is 5.66. The molecule has 3 atom stereocenters. The van der Waals surface area contributed by atoms with Crippen molar-refractivity contribution >= 4 is 15.9 Å². The number of fused-ring (bicyclic) bond motifs is 2. The molecule has 5 nitrogen and oxygen atoms in total. The molecule has 2 aliphatic rings. The van der Waals surface area contributed by atoms with Gasteiger partial charge >= 0.3 is 0 Å². The largest absolute Gasteiger partial charge is 0.349 e. The fourth-order valence-electron chi connectivity index (χ4n) is 3.68. The average molecular weight is 322 g/mol. The first-order valence-corrected chi connectivity index (χ1v) is 9.15. The van der Waals surface area contributed by atoms with Crippen molar-refractivity contribution in [3.8, 4) is 0 Å². The van der Waals surface area contributed by atoms with Crippen LogP contribution in [0.2, 0.25) is 0 Å². The average Bonchev–Trinajstić information content (AvgIpc) is 3.09. The van der Waals surface area contributed by atoms with Gasteiger partial charge in [0.2, 0.25) is 10.0 Å². The molecule has 0 radical (unpaired) electrons. The zero-order valence-corrected chi connectivity index (χ0v) is 13.8. The quantitative estimate of drug-likeness (QED) is 0.920. The van der Waals surface area contributed by atoms with Gasteiger partial charge < -0.3 is 5.32 Å². The molecule has 0 spiro atoms. The van der Waals surface area contributed by atoms with E-state index in [-0.39, 0.29) is 16.8 Å². The summed E-state index contributed by atoms with van der Waals surface area (Å²) in [5.74, 6) is 1.19. The van der Waals surface area contributed by atoms with Gasteiger partial charge in [0.1, 0.15) is 0 Å². The number of hydrogen-bond donors (Lipinski definition) is 1. The van der Waals surface area contributed by atoms with Gasteiger partial charge in [-0.3, -0.25) is 4.79 Å². The Kier molecular flexibility index (Phi) is 3.99. The molecule has 22 heavy (non-hydrogen) atoms. The number of nitrogens with one attached hydrogen (secondary N) is 1. The summed E-state index contributed by atoms with van der Waals surface area (Å²) in [5.41, 5.74) is 0.408. The van der Waals surface area contributed by atoms with E-state index in [9.17, 15) is 13.2 Å². The third-order valence-electron chi connectivity index (χ3n) is 4.93. The maximum absolute atomic E-state index is 12.4. The second-order valence-corrected chi connectivity index (χ2v) is 8.72. The minimum absolute atomic E-state index is 0.151. The first kappa shape index (κ1) is 15.5. The molecule has 2 bridgehead atoms. The second-order valence-electron chi connectivity index (χ2n) is 6.57. The number of carbonyl (C=O) groups is 1. The molecule has 0 aliphatic heterocycles. The van der Waals surface area contributed by atoms with Gasteiger partial charge in [0.25, 0.3) is 5.91 Å². The lowest BCUT2D eigenvalue weighted by atomic mass is 9.95. The van der Waals surface area contributed by atoms with Crippen molar-refractivity contribution in [1.82, 2.24) is 9.62 Å². The maximum atomic E-state index is 12.4. The van der Waals surface area contributed by atoms with Crippen LogP contribution in [0.25, 0.3) is 0 Å². The molecule has 1 aromatic carbocycles. The highest BCUT2D eigenvalue weighted by Crippen LogP contribution is 2.44. The van der Waals surface area contributed by atoms with Gasteiger partial charge in [0, 0.05) is 25.7 Å². The summed E-state index contributed by atoms with van der Waals surface area (Å²) in [4.78, 5) is 12.6. The molecular formula is C16H22N2O3S. The highest BCUT2D eigenvalue weighted by atomic mass is 32.2. The molecule has 0 heterocycles. The Bertz CT molecular complexity index is 684. The first-order chi connectivity index (χ1) is 10.4. The maximum Gasteiger partial charge on any atom is 0.251 e. The van der Waals surface area contributed by atoms with Crippen molar-refractivity contribution in [2.24, 2.45) is 11.8 Å². The summed E-state index contributed by atoms with van der Waals surface area (Å²) in [7, 11) is -0.548. The lowest BCUT2D eigenvalue weighted by Crippen LogP contribution is -2.38. The molecule has 2 saturated carbocycles. The Morgan fingerprint density at radius 2 is 2.00 bits per heavy atom. The zero-order valence-electron chi connectivity index (χ0n) is 13.0. The number of hydrogen-bond acceptors (Lipinski definition) is 3. The van der Waals surface area contributed by atoms with Crippen LogP contribution in [-0.2, 0) is 10.0 Å². The topological polar surface area (TPSA) is 66.5 Å². The summed E-state index contributed by atoms with van der Waals surface area (Å²) in [6.07, 6.45) is 4.77. The number of rotatable bonds is 4. The number of sulfonamides is 1. The van der Waals surface area contributed by atoms with E-state index in [1.54, 1.807) is 12.1 Å². The fraction of sp³-hybridized carbons (Fsp3) is 0.562. The van der Waals surface area contributed by atoms with Crippen LogP contribution in [0.1, 0.15) is 36.0 Å². The van der Waals surface area contributed by atoms with Crippen molar-refractivity contribution in [2.45, 2.75) is 36.6 Å². The lowest BCUT2D eigenvalue weighted by molar-refractivity contribution is 0.0922. The van der Waals surface area contributed by atoms with E-state index in [0.29, 0.717) is 11.5 Å². The first-order valence-electron chi connectivity index (χ1n) is 7.71. The Morgan fingerprint density at radius 3 is 2.59 bits per heavy atom. The van der Waals surface area contributed by atoms with Gasteiger partial charge in [-0.1, -0.05) is 12.5 Å². The molecule has 1 N–H and O–H groups in total. The van der Waals surface area contributed by atoms with E-state index in [1.807, 2.05) is 0 Å². The van der Waals surface area contributed by atoms with Gasteiger partial charge in [-0.25, -0.2) is 12.7 Å². The van der Waals surface area contributed by atoms with E-state index < -0.39 is 10.0 Å². The van der Waals surface area contributed by atoms with Crippen LogP contribution in [0.4, 0.5) is 0 Å². The van der Waals surface area contributed by atoms with Crippen LogP contribution in [0.5, 0.6) is 0 Å². The van der Waals surface area contributed by atoms with Gasteiger partial charge in [0.05, 0.1) is 4.90 Å². The monoisotopic (exact) mass is 322 g/mol. The van der Waals surface area contributed by atoms with Crippen molar-refractivity contribution < 1.29 is 13.2 Å². The van der Waals surface area contributed by atoms with Crippen LogP contribution in [-0.4, -0.2) is 38.8 Å². The minimum atomic E-state index is -3.52. The Balaban J connectivity index is 1.76. The van der Waals surface area contributed by atoms with Crippen molar-refractivity contribution in [3.05, 3.63) is 29.8 Å². The molecule has 0 saturated heterocycles. The van der Waals surface area contributed by atoms with Gasteiger partial charge in [-0.05, 0) is 49.3 Å². The van der Waals surface area contributed by atoms with E-state index in [0.717, 1.165) is 16.6 Å². The van der Waals surface area contributed by atoms with E-state index in [1.165, 1.54) is 45.5 Å². The van der Waals surface area contributed by atoms with E-state index in [4.69, 9.17) is 0 Å². The third-order valence-corrected chi connectivity index (χ3v) is 6.74. The number of benzene rings is 1. The Hall–Kier alpha value is -1.40. The normalized spacial score (nSPS) is 27.3. The third kappa shape index (κ3) is 2.77. The smallest absolute Gasteiger partial charge is 0.251 e. The van der Waals surface area contributed by atoms with E-state index in [2.05, 4.69) is 5.32 Å². The molecule has 6 heteroatoms. The van der Waals surface area contributed by atoms with Crippen molar-refractivity contribution in [2.75, 3.05) is 14.1 Å². The van der Waals surface area contributed by atoms with Crippen LogP contribution in [0.3, 0.4) is 0 Å². The fourth-order valence-corrected chi connectivity index (χ4v) is 4.63. The molecule has 1 aromatic rings. The van der Waals surface area contributed by atoms with Crippen molar-refractivity contribution in [1.29, 1.82) is 0 Å². The highest BCUT2D eigenvalue weighted by molar-refractivity contribution is 7.89. The molecular weight excluding hydrogens is 300 g/mol. The van der Waals surface area contributed by atoms with Crippen LogP contribution in [0, 0.1) is 11.8 Å². The predicted molar refractivity (Wildman–Crippen MR) is 84.0 cm³/mol. The zero-order chi connectivity index (χ0) is 15.9. The molecule has 120 valence electrons.